The van der Waals surface area contributed by atoms with Gasteiger partial charge in [0.05, 0.1) is 18.0 Å². The Hall–Kier alpha value is -1.77. The molecular weight excluding hydrogens is 360 g/mol. The largest absolute Gasteiger partial charge is 0.461 e. The minimum absolute atomic E-state index is 0.00115. The Morgan fingerprint density at radius 1 is 1.32 bits per heavy atom. The van der Waals surface area contributed by atoms with Crippen molar-refractivity contribution in [3.8, 4) is 0 Å². The number of benzene rings is 1. The molecule has 1 saturated carbocycles. The Labute approximate surface area is 151 Å². The number of hydrogen-bond donors (Lipinski definition) is 0. The molecule has 0 N–H and O–H groups in total. The van der Waals surface area contributed by atoms with Crippen molar-refractivity contribution in [3.63, 3.8) is 0 Å². The number of esters is 1. The third kappa shape index (κ3) is 4.08. The zero-order valence-electron chi connectivity index (χ0n) is 14.1. The molecule has 1 aromatic heterocycles. The van der Waals surface area contributed by atoms with E-state index in [-0.39, 0.29) is 29.8 Å². The zero-order chi connectivity index (χ0) is 18.0. The van der Waals surface area contributed by atoms with Crippen LogP contribution in [-0.4, -0.2) is 36.3 Å². The first kappa shape index (κ1) is 18.0. The normalized spacial score (nSPS) is 14.7. The van der Waals surface area contributed by atoms with Crippen molar-refractivity contribution in [2.75, 3.05) is 6.61 Å². The summed E-state index contributed by atoms with van der Waals surface area (Å²) in [6.07, 6.45) is 1.70. The number of nitrogens with zero attached hydrogens (tertiary/aromatic N) is 2. The fourth-order valence-electron chi connectivity index (χ4n) is 2.43. The maximum Gasteiger partial charge on any atom is 0.357 e. The maximum atomic E-state index is 13.0. The molecule has 0 saturated heterocycles. The molecule has 0 unspecified atom stereocenters. The lowest BCUT2D eigenvalue weighted by Gasteiger charge is -2.21. The standard InChI is InChI=1S/C17H20N2O4S2/c1-3-23-17(20)15-11-24-16(18-15)10-19(13-6-7-13)25(21,22)14-8-4-12(2)5-9-14/h4-5,8-9,11,13H,3,6-7,10H2,1-2H3. The quantitative estimate of drug-likeness (QED) is 0.690. The molecule has 3 rings (SSSR count). The molecule has 0 atom stereocenters. The predicted octanol–water partition coefficient (Wildman–Crippen LogP) is 2.98. The molecule has 0 bridgehead atoms. The van der Waals surface area contributed by atoms with Crippen molar-refractivity contribution in [2.24, 2.45) is 0 Å². The fourth-order valence-corrected chi connectivity index (χ4v) is 4.92. The van der Waals surface area contributed by atoms with Gasteiger partial charge in [-0.1, -0.05) is 17.7 Å². The van der Waals surface area contributed by atoms with Crippen molar-refractivity contribution in [1.82, 2.24) is 9.29 Å². The third-order valence-corrected chi connectivity index (χ3v) is 6.66. The van der Waals surface area contributed by atoms with Crippen molar-refractivity contribution >= 4 is 27.3 Å². The van der Waals surface area contributed by atoms with Crippen molar-refractivity contribution < 1.29 is 17.9 Å². The smallest absolute Gasteiger partial charge is 0.357 e. The van der Waals surface area contributed by atoms with Gasteiger partial charge >= 0.3 is 5.97 Å². The lowest BCUT2D eigenvalue weighted by molar-refractivity contribution is 0.0520. The molecular formula is C17H20N2O4S2. The van der Waals surface area contributed by atoms with Gasteiger partial charge in [-0.25, -0.2) is 18.2 Å². The number of thiazole rings is 1. The first-order valence-electron chi connectivity index (χ1n) is 8.12. The van der Waals surface area contributed by atoms with Gasteiger partial charge in [0.1, 0.15) is 5.01 Å². The lowest BCUT2D eigenvalue weighted by Crippen LogP contribution is -2.32. The summed E-state index contributed by atoms with van der Waals surface area (Å²) < 4.78 is 32.4. The molecule has 25 heavy (non-hydrogen) atoms. The number of carbonyl (C=O) groups excluding carboxylic acids is 1. The molecule has 0 amide bonds. The molecule has 134 valence electrons. The van der Waals surface area contributed by atoms with E-state index in [4.69, 9.17) is 4.74 Å². The fraction of sp³-hybridized carbons (Fsp3) is 0.412. The number of sulfonamides is 1. The van der Waals surface area contributed by atoms with Crippen molar-refractivity contribution in [1.29, 1.82) is 0 Å². The maximum absolute atomic E-state index is 13.0. The van der Waals surface area contributed by atoms with E-state index in [9.17, 15) is 13.2 Å². The Bertz CT molecular complexity index is 855. The average Bonchev–Trinajstić information content (AvgIpc) is 3.30. The van der Waals surface area contributed by atoms with E-state index >= 15 is 0 Å². The van der Waals surface area contributed by atoms with Crippen LogP contribution in [0.2, 0.25) is 0 Å². The molecule has 6 nitrogen and oxygen atoms in total. The minimum Gasteiger partial charge on any atom is -0.461 e. The number of aromatic nitrogens is 1. The molecule has 1 aromatic carbocycles. The van der Waals surface area contributed by atoms with Crippen LogP contribution in [-0.2, 0) is 21.3 Å². The number of carbonyl (C=O) groups is 1. The highest BCUT2D eigenvalue weighted by atomic mass is 32.2. The van der Waals surface area contributed by atoms with Crippen LogP contribution in [0.5, 0.6) is 0 Å². The molecule has 1 aliphatic carbocycles. The highest BCUT2D eigenvalue weighted by molar-refractivity contribution is 7.89. The van der Waals surface area contributed by atoms with E-state index < -0.39 is 16.0 Å². The molecule has 0 aliphatic heterocycles. The molecule has 1 heterocycles. The SMILES string of the molecule is CCOC(=O)c1csc(CN(C2CC2)S(=O)(=O)c2ccc(C)cc2)n1. The summed E-state index contributed by atoms with van der Waals surface area (Å²) in [5, 5.41) is 2.20. The summed E-state index contributed by atoms with van der Waals surface area (Å²) in [5.41, 5.74) is 1.24. The second kappa shape index (κ2) is 7.23. The van der Waals surface area contributed by atoms with Crippen molar-refractivity contribution in [3.05, 3.63) is 45.9 Å². The average molecular weight is 380 g/mol. The van der Waals surface area contributed by atoms with E-state index in [1.54, 1.807) is 36.6 Å². The molecule has 2 aromatic rings. The molecule has 1 aliphatic rings. The molecule has 0 radical (unpaired) electrons. The van der Waals surface area contributed by atoms with Gasteiger partial charge in [-0.05, 0) is 38.8 Å². The van der Waals surface area contributed by atoms with Crippen LogP contribution < -0.4 is 0 Å². The molecule has 1 fully saturated rings. The van der Waals surface area contributed by atoms with E-state index in [2.05, 4.69) is 4.98 Å². The monoisotopic (exact) mass is 380 g/mol. The van der Waals surface area contributed by atoms with Crippen LogP contribution in [0.3, 0.4) is 0 Å². The summed E-state index contributed by atoms with van der Waals surface area (Å²) >= 11 is 1.27. The summed E-state index contributed by atoms with van der Waals surface area (Å²) in [4.78, 5) is 16.3. The van der Waals surface area contributed by atoms with Gasteiger partial charge in [0.2, 0.25) is 10.0 Å². The van der Waals surface area contributed by atoms with E-state index in [0.29, 0.717) is 5.01 Å². The second-order valence-electron chi connectivity index (χ2n) is 5.94. The lowest BCUT2D eigenvalue weighted by atomic mass is 10.2. The number of ether oxygens (including phenoxy) is 1. The second-order valence-corrected chi connectivity index (χ2v) is 8.77. The predicted molar refractivity (Wildman–Crippen MR) is 95.0 cm³/mol. The Morgan fingerprint density at radius 3 is 2.60 bits per heavy atom. The Kier molecular flexibility index (Phi) is 5.21. The van der Waals surface area contributed by atoms with E-state index in [0.717, 1.165) is 18.4 Å². The first-order chi connectivity index (χ1) is 11.9. The Balaban J connectivity index is 1.82. The van der Waals surface area contributed by atoms with Crippen LogP contribution in [0.15, 0.2) is 34.5 Å². The number of aryl methyl sites for hydroxylation is 1. The zero-order valence-corrected chi connectivity index (χ0v) is 15.8. The minimum atomic E-state index is -3.59. The van der Waals surface area contributed by atoms with Crippen LogP contribution in [0.25, 0.3) is 0 Å². The first-order valence-corrected chi connectivity index (χ1v) is 10.4. The third-order valence-electron chi connectivity index (χ3n) is 3.91. The van der Waals surface area contributed by atoms with Gasteiger partial charge in [0, 0.05) is 11.4 Å². The highest BCUT2D eigenvalue weighted by Gasteiger charge is 2.38. The van der Waals surface area contributed by atoms with Crippen molar-refractivity contribution in [2.45, 2.75) is 44.2 Å². The van der Waals surface area contributed by atoms with Crippen LogP contribution in [0, 0.1) is 6.92 Å². The van der Waals surface area contributed by atoms with E-state index in [1.807, 2.05) is 6.92 Å². The van der Waals surface area contributed by atoms with Gasteiger partial charge in [-0.3, -0.25) is 0 Å². The highest BCUT2D eigenvalue weighted by Crippen LogP contribution is 2.34. The molecule has 8 heteroatoms. The summed E-state index contributed by atoms with van der Waals surface area (Å²) in [6, 6.07) is 6.85. The summed E-state index contributed by atoms with van der Waals surface area (Å²) in [6.45, 7) is 4.10. The van der Waals surface area contributed by atoms with Gasteiger partial charge < -0.3 is 4.74 Å². The van der Waals surface area contributed by atoms with Gasteiger partial charge in [0.15, 0.2) is 5.69 Å². The van der Waals surface area contributed by atoms with Crippen LogP contribution in [0.4, 0.5) is 0 Å². The summed E-state index contributed by atoms with van der Waals surface area (Å²) in [5.74, 6) is -0.482. The molecule has 0 spiro atoms. The van der Waals surface area contributed by atoms with Gasteiger partial charge in [-0.2, -0.15) is 4.31 Å². The number of rotatable bonds is 7. The Morgan fingerprint density at radius 2 is 2.00 bits per heavy atom. The summed E-state index contributed by atoms with van der Waals surface area (Å²) in [7, 11) is -3.59. The van der Waals surface area contributed by atoms with Crippen LogP contribution in [0.1, 0.15) is 40.8 Å². The van der Waals surface area contributed by atoms with Gasteiger partial charge in [0.25, 0.3) is 0 Å². The topological polar surface area (TPSA) is 76.6 Å². The number of hydrogen-bond acceptors (Lipinski definition) is 6. The van der Waals surface area contributed by atoms with Crippen LogP contribution >= 0.6 is 11.3 Å². The van der Waals surface area contributed by atoms with Gasteiger partial charge in [-0.15, -0.1) is 11.3 Å². The van der Waals surface area contributed by atoms with E-state index in [1.165, 1.54) is 15.6 Å².